The lowest BCUT2D eigenvalue weighted by Gasteiger charge is -2.26. The number of benzene rings is 3. The molecule has 0 aliphatic carbocycles. The number of methoxy groups -OCH3 is 1. The summed E-state index contributed by atoms with van der Waals surface area (Å²) in [7, 11) is -2.62. The Kier molecular flexibility index (Phi) is 6.47. The summed E-state index contributed by atoms with van der Waals surface area (Å²) in [5, 5.41) is 2.53. The van der Waals surface area contributed by atoms with Gasteiger partial charge in [0, 0.05) is 0 Å². The molecule has 4 rings (SSSR count). The fourth-order valence-electron chi connectivity index (χ4n) is 3.23. The van der Waals surface area contributed by atoms with Crippen LogP contribution in [0.15, 0.2) is 71.6 Å². The molecule has 0 fully saturated rings. The van der Waals surface area contributed by atoms with Gasteiger partial charge in [-0.2, -0.15) is 0 Å². The minimum absolute atomic E-state index is 0.0726. The second kappa shape index (κ2) is 9.47. The third-order valence-corrected chi connectivity index (χ3v) is 6.34. The first-order valence-corrected chi connectivity index (χ1v) is 11.5. The highest BCUT2D eigenvalue weighted by Gasteiger charge is 2.25. The van der Waals surface area contributed by atoms with Crippen LogP contribution in [0.2, 0.25) is 0 Å². The highest BCUT2D eigenvalue weighted by atomic mass is 32.2. The van der Waals surface area contributed by atoms with Crippen molar-refractivity contribution >= 4 is 21.6 Å². The fraction of sp³-hybridized carbons (Fsp3) is 0.174. The molecular formula is C23H21FN2O6S. The van der Waals surface area contributed by atoms with Crippen LogP contribution in [0.3, 0.4) is 0 Å². The molecule has 0 saturated carbocycles. The Hall–Kier alpha value is -3.63. The molecule has 33 heavy (non-hydrogen) atoms. The molecule has 0 spiro atoms. The summed E-state index contributed by atoms with van der Waals surface area (Å²) >= 11 is 0. The Balaban J connectivity index is 1.47. The number of sulfonamides is 1. The van der Waals surface area contributed by atoms with Crippen LogP contribution in [0.1, 0.15) is 10.4 Å². The average Bonchev–Trinajstić information content (AvgIpc) is 2.83. The molecule has 1 atom stereocenters. The maximum Gasteiger partial charge on any atom is 0.258 e. The predicted molar refractivity (Wildman–Crippen MR) is 119 cm³/mol. The molecule has 1 amide bonds. The largest absolute Gasteiger partial charge is 0.495 e. The van der Waals surface area contributed by atoms with E-state index in [0.29, 0.717) is 22.9 Å². The van der Waals surface area contributed by atoms with Crippen molar-refractivity contribution in [3.63, 3.8) is 0 Å². The van der Waals surface area contributed by atoms with Crippen molar-refractivity contribution in [2.45, 2.75) is 11.0 Å². The Labute approximate surface area is 190 Å². The number of rotatable bonds is 7. The van der Waals surface area contributed by atoms with E-state index in [1.54, 1.807) is 48.5 Å². The zero-order valence-electron chi connectivity index (χ0n) is 17.6. The number of anilines is 1. The van der Waals surface area contributed by atoms with Crippen LogP contribution in [0.4, 0.5) is 10.1 Å². The molecule has 3 aromatic carbocycles. The average molecular weight is 472 g/mol. The maximum atomic E-state index is 14.4. The molecule has 3 aromatic rings. The van der Waals surface area contributed by atoms with E-state index in [1.165, 1.54) is 7.11 Å². The molecule has 2 N–H and O–H groups in total. The lowest BCUT2D eigenvalue weighted by Crippen LogP contribution is -2.40. The lowest BCUT2D eigenvalue weighted by molar-refractivity contribution is 0.0943. The fourth-order valence-corrected chi connectivity index (χ4v) is 4.32. The van der Waals surface area contributed by atoms with E-state index in [2.05, 4.69) is 10.0 Å². The number of hydrogen-bond acceptors (Lipinski definition) is 6. The molecule has 0 radical (unpaired) electrons. The number of carbonyl (C=O) groups is 1. The molecule has 10 heteroatoms. The zero-order chi connectivity index (χ0) is 23.4. The van der Waals surface area contributed by atoms with Gasteiger partial charge in [-0.3, -0.25) is 4.79 Å². The first kappa shape index (κ1) is 22.6. The van der Waals surface area contributed by atoms with Crippen LogP contribution < -0.4 is 24.2 Å². The van der Waals surface area contributed by atoms with Gasteiger partial charge in [0.2, 0.25) is 10.0 Å². The number of halogens is 1. The van der Waals surface area contributed by atoms with Crippen molar-refractivity contribution in [2.24, 2.45) is 0 Å². The van der Waals surface area contributed by atoms with Crippen molar-refractivity contribution < 1.29 is 31.8 Å². The SMILES string of the molecule is COc1ccccc1NC(=O)c1cc(S(=O)(=O)NC[C@H]2COc3ccccc3O2)ccc1F. The van der Waals surface area contributed by atoms with E-state index in [4.69, 9.17) is 14.2 Å². The van der Waals surface area contributed by atoms with Gasteiger partial charge < -0.3 is 19.5 Å². The third-order valence-electron chi connectivity index (χ3n) is 4.92. The Bertz CT molecular complexity index is 1280. The quantitative estimate of drug-likeness (QED) is 0.548. The number of amides is 1. The van der Waals surface area contributed by atoms with Crippen LogP contribution in [0, 0.1) is 5.82 Å². The van der Waals surface area contributed by atoms with Crippen molar-refractivity contribution in [3.8, 4) is 17.2 Å². The normalized spacial score (nSPS) is 15.0. The van der Waals surface area contributed by atoms with Gasteiger partial charge in [0.05, 0.1) is 29.8 Å². The van der Waals surface area contributed by atoms with Crippen LogP contribution in [-0.2, 0) is 10.0 Å². The van der Waals surface area contributed by atoms with Crippen LogP contribution in [0.5, 0.6) is 17.2 Å². The molecule has 0 unspecified atom stereocenters. The Morgan fingerprint density at radius 2 is 1.82 bits per heavy atom. The first-order chi connectivity index (χ1) is 15.9. The standard InChI is InChI=1S/C23H21FN2O6S/c1-30-20-7-3-2-6-19(20)26-23(27)17-12-16(10-11-18(17)24)33(28,29)25-13-15-14-31-21-8-4-5-9-22(21)32-15/h2-12,15,25H,13-14H2,1H3,(H,26,27)/t15-/m0/s1. The summed E-state index contributed by atoms with van der Waals surface area (Å²) in [6.07, 6.45) is -0.552. The van der Waals surface area contributed by atoms with Crippen LogP contribution >= 0.6 is 0 Å². The van der Waals surface area contributed by atoms with Gasteiger partial charge in [-0.05, 0) is 42.5 Å². The van der Waals surface area contributed by atoms with E-state index in [9.17, 15) is 17.6 Å². The van der Waals surface area contributed by atoms with E-state index < -0.39 is 33.4 Å². The summed E-state index contributed by atoms with van der Waals surface area (Å²) in [6.45, 7) is 0.0896. The third kappa shape index (κ3) is 5.07. The molecule has 1 heterocycles. The highest BCUT2D eigenvalue weighted by Crippen LogP contribution is 2.31. The van der Waals surface area contributed by atoms with Gasteiger partial charge >= 0.3 is 0 Å². The minimum Gasteiger partial charge on any atom is -0.495 e. The summed E-state index contributed by atoms with van der Waals surface area (Å²) in [6, 6.07) is 16.7. The molecule has 8 nitrogen and oxygen atoms in total. The number of para-hydroxylation sites is 4. The first-order valence-electron chi connectivity index (χ1n) is 9.99. The minimum atomic E-state index is -4.05. The predicted octanol–water partition coefficient (Wildman–Crippen LogP) is 3.20. The number of fused-ring (bicyclic) bond motifs is 1. The Morgan fingerprint density at radius 3 is 2.61 bits per heavy atom. The van der Waals surface area contributed by atoms with E-state index >= 15 is 0 Å². The van der Waals surface area contributed by atoms with Gasteiger partial charge in [0.15, 0.2) is 11.5 Å². The molecular weight excluding hydrogens is 451 g/mol. The number of nitrogens with one attached hydrogen (secondary N) is 2. The van der Waals surface area contributed by atoms with Crippen LogP contribution in [-0.4, -0.2) is 40.7 Å². The molecule has 1 aliphatic rings. The lowest BCUT2D eigenvalue weighted by atomic mass is 10.2. The van der Waals surface area contributed by atoms with Gasteiger partial charge in [0.25, 0.3) is 5.91 Å². The summed E-state index contributed by atoms with van der Waals surface area (Å²) in [4.78, 5) is 12.4. The molecule has 172 valence electrons. The topological polar surface area (TPSA) is 103 Å². The summed E-state index contributed by atoms with van der Waals surface area (Å²) < 4.78 is 58.8. The monoisotopic (exact) mass is 472 g/mol. The smallest absolute Gasteiger partial charge is 0.258 e. The number of ether oxygens (including phenoxy) is 3. The maximum absolute atomic E-state index is 14.4. The van der Waals surface area contributed by atoms with Crippen LogP contribution in [0.25, 0.3) is 0 Å². The number of carbonyl (C=O) groups excluding carboxylic acids is 1. The van der Waals surface area contributed by atoms with Crippen molar-refractivity contribution in [1.82, 2.24) is 4.72 Å². The van der Waals surface area contributed by atoms with Crippen molar-refractivity contribution in [2.75, 3.05) is 25.6 Å². The van der Waals surface area contributed by atoms with E-state index in [-0.39, 0.29) is 18.0 Å². The van der Waals surface area contributed by atoms with Gasteiger partial charge in [0.1, 0.15) is 24.3 Å². The molecule has 0 saturated heterocycles. The molecule has 1 aliphatic heterocycles. The summed E-state index contributed by atoms with van der Waals surface area (Å²) in [5.41, 5.74) is -0.0968. The van der Waals surface area contributed by atoms with Crippen molar-refractivity contribution in [3.05, 3.63) is 78.1 Å². The van der Waals surface area contributed by atoms with Gasteiger partial charge in [-0.25, -0.2) is 17.5 Å². The summed E-state index contributed by atoms with van der Waals surface area (Å²) in [5.74, 6) is -0.185. The molecule has 0 bridgehead atoms. The van der Waals surface area contributed by atoms with Gasteiger partial charge in [-0.15, -0.1) is 0 Å². The second-order valence-electron chi connectivity index (χ2n) is 7.15. The molecule has 0 aromatic heterocycles. The zero-order valence-corrected chi connectivity index (χ0v) is 18.4. The Morgan fingerprint density at radius 1 is 1.09 bits per heavy atom. The highest BCUT2D eigenvalue weighted by molar-refractivity contribution is 7.89. The number of hydrogen-bond donors (Lipinski definition) is 2. The second-order valence-corrected chi connectivity index (χ2v) is 8.91. The van der Waals surface area contributed by atoms with Crippen molar-refractivity contribution in [1.29, 1.82) is 0 Å². The van der Waals surface area contributed by atoms with E-state index in [1.807, 2.05) is 0 Å². The van der Waals surface area contributed by atoms with Gasteiger partial charge in [-0.1, -0.05) is 24.3 Å². The van der Waals surface area contributed by atoms with E-state index in [0.717, 1.165) is 18.2 Å².